The molecular weight excluding hydrogens is 231 g/mol. The lowest BCUT2D eigenvalue weighted by molar-refractivity contribution is 0.822. The number of hydrogen-bond donors (Lipinski definition) is 0. The van der Waals surface area contributed by atoms with Crippen molar-refractivity contribution in [1.82, 2.24) is 9.97 Å². The van der Waals surface area contributed by atoms with Crippen molar-refractivity contribution in [2.45, 2.75) is 39.0 Å². The van der Waals surface area contributed by atoms with Crippen LogP contribution in [0.1, 0.15) is 44.0 Å². The molecule has 1 aromatic rings. The highest BCUT2D eigenvalue weighted by Gasteiger charge is 2.37. The molecular formula is C11H14Cl2N2. The highest BCUT2D eigenvalue weighted by atomic mass is 35.5. The summed E-state index contributed by atoms with van der Waals surface area (Å²) in [6.45, 7) is 4.28. The van der Waals surface area contributed by atoms with Crippen molar-refractivity contribution in [1.29, 1.82) is 0 Å². The van der Waals surface area contributed by atoms with Gasteiger partial charge in [-0.15, -0.1) is 0 Å². The lowest BCUT2D eigenvalue weighted by atomic mass is 10.2. The van der Waals surface area contributed by atoms with E-state index in [1.165, 1.54) is 0 Å². The first-order valence-electron chi connectivity index (χ1n) is 5.35. The van der Waals surface area contributed by atoms with Crippen LogP contribution in [0.2, 0.25) is 10.3 Å². The second-order valence-corrected chi connectivity index (χ2v) is 4.93. The van der Waals surface area contributed by atoms with Gasteiger partial charge in [-0.2, -0.15) is 0 Å². The zero-order valence-corrected chi connectivity index (χ0v) is 10.4. The Hall–Kier alpha value is -0.340. The number of hydrogen-bond acceptors (Lipinski definition) is 2. The van der Waals surface area contributed by atoms with Crippen LogP contribution >= 0.6 is 23.2 Å². The number of nitrogens with zero attached hydrogens (tertiary/aromatic N) is 2. The fourth-order valence-electron chi connectivity index (χ4n) is 1.75. The van der Waals surface area contributed by atoms with Gasteiger partial charge in [0, 0.05) is 11.5 Å². The standard InChI is InChI=1S/C11H14Cl2N2/c1-3-4-7-9(12)14-11(15-10(7)13)8-5-6(8)2/h6,8H,3-5H2,1-2H3. The van der Waals surface area contributed by atoms with Crippen LogP contribution in [0.5, 0.6) is 0 Å². The van der Waals surface area contributed by atoms with Crippen molar-refractivity contribution in [3.63, 3.8) is 0 Å². The van der Waals surface area contributed by atoms with Gasteiger partial charge >= 0.3 is 0 Å². The Bertz CT molecular complexity index is 356. The fraction of sp³-hybridized carbons (Fsp3) is 0.636. The largest absolute Gasteiger partial charge is 0.221 e. The molecule has 1 aliphatic rings. The molecule has 1 aromatic heterocycles. The second-order valence-electron chi connectivity index (χ2n) is 4.21. The molecule has 1 aliphatic carbocycles. The predicted molar refractivity (Wildman–Crippen MR) is 62.6 cm³/mol. The highest BCUT2D eigenvalue weighted by molar-refractivity contribution is 6.34. The molecule has 0 bridgehead atoms. The van der Waals surface area contributed by atoms with Crippen molar-refractivity contribution in [2.24, 2.45) is 5.92 Å². The first kappa shape index (κ1) is 11.2. The minimum atomic E-state index is 0.468. The number of rotatable bonds is 3. The zero-order chi connectivity index (χ0) is 11.0. The van der Waals surface area contributed by atoms with E-state index in [0.717, 1.165) is 30.7 Å². The van der Waals surface area contributed by atoms with Crippen LogP contribution in [0, 0.1) is 5.92 Å². The molecule has 82 valence electrons. The SMILES string of the molecule is CCCc1c(Cl)nc(C2CC2C)nc1Cl. The van der Waals surface area contributed by atoms with E-state index in [4.69, 9.17) is 23.2 Å². The normalized spacial score (nSPS) is 24.3. The quantitative estimate of drug-likeness (QED) is 0.755. The molecule has 0 N–H and O–H groups in total. The monoisotopic (exact) mass is 244 g/mol. The van der Waals surface area contributed by atoms with E-state index < -0.39 is 0 Å². The molecule has 2 nitrogen and oxygen atoms in total. The predicted octanol–water partition coefficient (Wildman–Crippen LogP) is 3.86. The average molecular weight is 245 g/mol. The molecule has 0 aromatic carbocycles. The Morgan fingerprint density at radius 2 is 1.80 bits per heavy atom. The van der Waals surface area contributed by atoms with Crippen LogP contribution in [-0.2, 0) is 6.42 Å². The first-order valence-corrected chi connectivity index (χ1v) is 6.10. The molecule has 15 heavy (non-hydrogen) atoms. The molecule has 2 unspecified atom stereocenters. The Morgan fingerprint density at radius 3 is 2.20 bits per heavy atom. The molecule has 1 heterocycles. The van der Waals surface area contributed by atoms with Crippen LogP contribution in [0.4, 0.5) is 0 Å². The maximum atomic E-state index is 6.10. The Morgan fingerprint density at radius 1 is 1.27 bits per heavy atom. The van der Waals surface area contributed by atoms with E-state index in [9.17, 15) is 0 Å². The lowest BCUT2D eigenvalue weighted by Crippen LogP contribution is -2.00. The molecule has 1 fully saturated rings. The maximum absolute atomic E-state index is 6.10. The average Bonchev–Trinajstić information content (AvgIpc) is 2.89. The third kappa shape index (κ3) is 2.26. The van der Waals surface area contributed by atoms with E-state index in [2.05, 4.69) is 23.8 Å². The molecule has 2 atom stereocenters. The second kappa shape index (κ2) is 4.26. The fourth-order valence-corrected chi connectivity index (χ4v) is 2.34. The Labute approximate surface area is 100 Å². The van der Waals surface area contributed by atoms with Gasteiger partial charge in [0.05, 0.1) is 0 Å². The molecule has 0 amide bonds. The number of aromatic nitrogens is 2. The topological polar surface area (TPSA) is 25.8 Å². The Balaban J connectivity index is 2.30. The van der Waals surface area contributed by atoms with Gasteiger partial charge in [-0.1, -0.05) is 43.5 Å². The Kier molecular flexibility index (Phi) is 3.17. The molecule has 0 radical (unpaired) electrons. The molecule has 1 saturated carbocycles. The van der Waals surface area contributed by atoms with Crippen LogP contribution in [0.3, 0.4) is 0 Å². The molecule has 0 spiro atoms. The highest BCUT2D eigenvalue weighted by Crippen LogP contribution is 2.46. The van der Waals surface area contributed by atoms with E-state index in [-0.39, 0.29) is 0 Å². The summed E-state index contributed by atoms with van der Waals surface area (Å²) >= 11 is 12.2. The maximum Gasteiger partial charge on any atom is 0.137 e. The van der Waals surface area contributed by atoms with Gasteiger partial charge in [0.1, 0.15) is 16.1 Å². The summed E-state index contributed by atoms with van der Waals surface area (Å²) in [6.07, 6.45) is 3.00. The lowest BCUT2D eigenvalue weighted by Gasteiger charge is -2.06. The van der Waals surface area contributed by atoms with E-state index in [1.807, 2.05) is 0 Å². The third-order valence-corrected chi connectivity index (χ3v) is 3.49. The smallest absolute Gasteiger partial charge is 0.137 e. The minimum Gasteiger partial charge on any atom is -0.221 e. The summed E-state index contributed by atoms with van der Waals surface area (Å²) in [5.74, 6) is 1.96. The third-order valence-electron chi connectivity index (χ3n) is 2.86. The van der Waals surface area contributed by atoms with Crippen LogP contribution in [0.15, 0.2) is 0 Å². The molecule has 2 rings (SSSR count). The van der Waals surface area contributed by atoms with Gasteiger partial charge in [-0.05, 0) is 18.8 Å². The van der Waals surface area contributed by atoms with E-state index in [0.29, 0.717) is 22.1 Å². The van der Waals surface area contributed by atoms with Gasteiger partial charge in [0.15, 0.2) is 0 Å². The van der Waals surface area contributed by atoms with Crippen molar-refractivity contribution >= 4 is 23.2 Å². The minimum absolute atomic E-state index is 0.468. The molecule has 0 aliphatic heterocycles. The van der Waals surface area contributed by atoms with Gasteiger partial charge in [-0.3, -0.25) is 0 Å². The van der Waals surface area contributed by atoms with E-state index in [1.54, 1.807) is 0 Å². The van der Waals surface area contributed by atoms with Gasteiger partial charge < -0.3 is 0 Å². The summed E-state index contributed by atoms with van der Waals surface area (Å²) in [5.41, 5.74) is 0.887. The molecule has 0 saturated heterocycles. The van der Waals surface area contributed by atoms with E-state index >= 15 is 0 Å². The van der Waals surface area contributed by atoms with Crippen molar-refractivity contribution < 1.29 is 0 Å². The van der Waals surface area contributed by atoms with Gasteiger partial charge in [0.2, 0.25) is 0 Å². The van der Waals surface area contributed by atoms with Crippen molar-refractivity contribution in [2.75, 3.05) is 0 Å². The van der Waals surface area contributed by atoms with Crippen molar-refractivity contribution in [3.8, 4) is 0 Å². The summed E-state index contributed by atoms with van der Waals surface area (Å²) in [4.78, 5) is 8.67. The van der Waals surface area contributed by atoms with Crippen LogP contribution in [-0.4, -0.2) is 9.97 Å². The van der Waals surface area contributed by atoms with Crippen molar-refractivity contribution in [3.05, 3.63) is 21.7 Å². The first-order chi connectivity index (χ1) is 7.13. The summed E-state index contributed by atoms with van der Waals surface area (Å²) in [6, 6.07) is 0. The molecule has 4 heteroatoms. The van der Waals surface area contributed by atoms with Gasteiger partial charge in [-0.25, -0.2) is 9.97 Å². The summed E-state index contributed by atoms with van der Waals surface area (Å²) in [5, 5.41) is 1.07. The summed E-state index contributed by atoms with van der Waals surface area (Å²) < 4.78 is 0. The summed E-state index contributed by atoms with van der Waals surface area (Å²) in [7, 11) is 0. The zero-order valence-electron chi connectivity index (χ0n) is 8.93. The van der Waals surface area contributed by atoms with Crippen LogP contribution < -0.4 is 0 Å². The number of halogens is 2. The van der Waals surface area contributed by atoms with Gasteiger partial charge in [0.25, 0.3) is 0 Å². The van der Waals surface area contributed by atoms with Crippen LogP contribution in [0.25, 0.3) is 0 Å².